The second-order valence-electron chi connectivity index (χ2n) is 40.5. The van der Waals surface area contributed by atoms with Gasteiger partial charge in [-0.15, -0.1) is 0 Å². The summed E-state index contributed by atoms with van der Waals surface area (Å²) >= 11 is 12.4. The molecule has 16 rings (SSSR count). The van der Waals surface area contributed by atoms with Crippen LogP contribution in [0.3, 0.4) is 0 Å². The number of para-hydroxylation sites is 8. The topological polar surface area (TPSA) is 186 Å². The molecule has 4 saturated carbocycles. The van der Waals surface area contributed by atoms with E-state index in [4.69, 9.17) is 66.8 Å². The monoisotopic (exact) mass is 1770 g/mol. The predicted octanol–water partition coefficient (Wildman–Crippen LogP) is 26.9. The van der Waals surface area contributed by atoms with Gasteiger partial charge in [0, 0.05) is 32.3 Å². The number of benzene rings is 8. The molecule has 0 aliphatic heterocycles. The number of halogens is 2. The maximum atomic E-state index is 13.2. The molecular formula is C109H136Cl2N8O9. The van der Waals surface area contributed by atoms with Gasteiger partial charge in [-0.25, -0.2) is 19.9 Å². The molecule has 17 nitrogen and oxygen atoms in total. The first-order chi connectivity index (χ1) is 61.0. The van der Waals surface area contributed by atoms with Crippen LogP contribution in [0.5, 0.6) is 5.75 Å². The zero-order valence-electron chi connectivity index (χ0n) is 79.0. The van der Waals surface area contributed by atoms with Crippen molar-refractivity contribution in [2.75, 3.05) is 0 Å². The number of esters is 4. The van der Waals surface area contributed by atoms with E-state index in [1.165, 1.54) is 31.2 Å². The molecule has 8 aromatic carbocycles. The Bertz CT molecular complexity index is 5770. The molecule has 12 aromatic rings. The van der Waals surface area contributed by atoms with Crippen LogP contribution in [0.4, 0.5) is 0 Å². The van der Waals surface area contributed by atoms with Crippen molar-refractivity contribution in [3.05, 3.63) is 209 Å². The zero-order valence-corrected chi connectivity index (χ0v) is 80.5. The van der Waals surface area contributed by atoms with E-state index in [1.54, 1.807) is 0 Å². The minimum absolute atomic E-state index is 0.00514. The van der Waals surface area contributed by atoms with Gasteiger partial charge < -0.3 is 42.0 Å². The lowest BCUT2D eigenvalue weighted by atomic mass is 9.75. The van der Waals surface area contributed by atoms with E-state index in [2.05, 4.69) is 128 Å². The van der Waals surface area contributed by atoms with Crippen LogP contribution < -0.4 is 4.74 Å². The van der Waals surface area contributed by atoms with E-state index in [0.717, 1.165) is 157 Å². The van der Waals surface area contributed by atoms with Gasteiger partial charge in [0.25, 0.3) is 0 Å². The second-order valence-corrected chi connectivity index (χ2v) is 41.3. The third-order valence-electron chi connectivity index (χ3n) is 26.8. The summed E-state index contributed by atoms with van der Waals surface area (Å²) in [6, 6.07) is 61.6. The van der Waals surface area contributed by atoms with E-state index in [9.17, 15) is 19.2 Å². The van der Waals surface area contributed by atoms with Gasteiger partial charge in [0.1, 0.15) is 85.2 Å². The van der Waals surface area contributed by atoms with Crippen molar-refractivity contribution < 1.29 is 42.9 Å². The van der Waals surface area contributed by atoms with Crippen LogP contribution in [-0.2, 0) is 69.7 Å². The largest absolute Gasteiger partial charge is 0.488 e. The lowest BCUT2D eigenvalue weighted by molar-refractivity contribution is -0.157. The Morgan fingerprint density at radius 3 is 0.938 bits per heavy atom. The summed E-state index contributed by atoms with van der Waals surface area (Å²) in [6.07, 6.45) is 13.1. The van der Waals surface area contributed by atoms with Crippen molar-refractivity contribution in [1.82, 2.24) is 38.2 Å². The SMILES string of the molecule is CC(C)[C@@H]1CC[C@@H](C)CC1OC(=O)Cn1c(-c2ccc(C(C)(C)C)cc2)nc2ccccc21.CC(C)[C@@H]1CC[C@@H](C)CC1OC(=O)Cn1c(-c2ccc(OC(C)(C)C)cc2)nc2ccccc21.CC(C)[C@@H]1CC[C@@H](C)CC1OC(=O)Cn1c(-c2cccc(Cl)c2)nc2ccccc21.Cc1cc(-c2nc3ccccc3n2CC(=O)OC2C[C@H](C)CC[C@H]2C(C)C)ccc1Cl. The highest BCUT2D eigenvalue weighted by atomic mass is 35.5. The molecule has 4 heterocycles. The Morgan fingerprint density at radius 2 is 0.648 bits per heavy atom. The normalized spacial score (nSPS) is 21.5. The smallest absolute Gasteiger partial charge is 0.326 e. The Labute approximate surface area is 769 Å². The number of imidazole rings is 4. The minimum atomic E-state index is -0.261. The van der Waals surface area contributed by atoms with Crippen molar-refractivity contribution in [3.8, 4) is 51.3 Å². The van der Waals surface area contributed by atoms with Crippen LogP contribution in [-0.4, -0.2) is 92.1 Å². The van der Waals surface area contributed by atoms with Crippen molar-refractivity contribution >= 4 is 91.2 Å². The molecule has 19 heteroatoms. The van der Waals surface area contributed by atoms with Crippen LogP contribution >= 0.6 is 23.2 Å². The Kier molecular flexibility index (Phi) is 31.5. The second kappa shape index (κ2) is 42.2. The van der Waals surface area contributed by atoms with Crippen molar-refractivity contribution in [1.29, 1.82) is 0 Å². The van der Waals surface area contributed by atoms with Gasteiger partial charge in [-0.1, -0.05) is 238 Å². The molecule has 4 unspecified atom stereocenters. The molecule has 0 N–H and O–H groups in total. The van der Waals surface area contributed by atoms with Crippen molar-refractivity contribution in [2.24, 2.45) is 71.0 Å². The summed E-state index contributed by atoms with van der Waals surface area (Å²) in [6.45, 7) is 42.2. The van der Waals surface area contributed by atoms with Gasteiger partial charge in [-0.3, -0.25) is 19.2 Å². The summed E-state index contributed by atoms with van der Waals surface area (Å²) in [5.41, 5.74) is 13.1. The Balaban J connectivity index is 0.000000146. The highest BCUT2D eigenvalue weighted by Gasteiger charge is 2.39. The van der Waals surface area contributed by atoms with Crippen LogP contribution in [0.2, 0.25) is 10.0 Å². The maximum absolute atomic E-state index is 13.2. The lowest BCUT2D eigenvalue weighted by Crippen LogP contribution is -2.36. The van der Waals surface area contributed by atoms with Gasteiger partial charge in [0.2, 0.25) is 0 Å². The molecule has 680 valence electrons. The first kappa shape index (κ1) is 95.5. The van der Waals surface area contributed by atoms with E-state index in [-0.39, 0.29) is 85.5 Å². The third kappa shape index (κ3) is 24.1. The molecule has 4 aromatic heterocycles. The molecular weight excluding hydrogens is 1640 g/mol. The number of hydrogen-bond donors (Lipinski definition) is 0. The first-order valence-corrected chi connectivity index (χ1v) is 47.8. The number of rotatable bonds is 21. The van der Waals surface area contributed by atoms with Gasteiger partial charge in [-0.05, 0) is 270 Å². The fourth-order valence-corrected chi connectivity index (χ4v) is 20.0. The highest BCUT2D eigenvalue weighted by molar-refractivity contribution is 6.31. The third-order valence-corrected chi connectivity index (χ3v) is 27.4. The highest BCUT2D eigenvalue weighted by Crippen LogP contribution is 2.42. The number of nitrogens with zero attached hydrogens (tertiary/aromatic N) is 8. The number of fused-ring (bicyclic) bond motifs is 4. The fourth-order valence-electron chi connectivity index (χ4n) is 19.7. The van der Waals surface area contributed by atoms with Crippen LogP contribution in [0, 0.1) is 77.9 Å². The number of aromatic nitrogens is 8. The minimum Gasteiger partial charge on any atom is -0.488 e. The summed E-state index contributed by atoms with van der Waals surface area (Å²) in [5.74, 6) is 9.24. The van der Waals surface area contributed by atoms with Crippen molar-refractivity contribution in [2.45, 2.75) is 270 Å². The fraction of sp³-hybridized carbons (Fsp3) is 0.486. The van der Waals surface area contributed by atoms with Crippen LogP contribution in [0.25, 0.3) is 89.7 Å². The van der Waals surface area contributed by atoms with Crippen LogP contribution in [0.15, 0.2) is 188 Å². The van der Waals surface area contributed by atoms with Gasteiger partial charge >= 0.3 is 23.9 Å². The average Bonchev–Trinajstić information content (AvgIpc) is 1.64. The molecule has 0 bridgehead atoms. The Hall–Kier alpha value is -10.1. The maximum Gasteiger partial charge on any atom is 0.326 e. The van der Waals surface area contributed by atoms with E-state index in [1.807, 2.05) is 210 Å². The average molecular weight is 1770 g/mol. The van der Waals surface area contributed by atoms with E-state index >= 15 is 0 Å². The molecule has 0 saturated heterocycles. The van der Waals surface area contributed by atoms with Gasteiger partial charge in [0.15, 0.2) is 0 Å². The first-order valence-electron chi connectivity index (χ1n) is 47.0. The molecule has 4 aliphatic carbocycles. The number of aryl methyl sites for hydroxylation is 1. The standard InChI is InChI=1S/C29H38N2O3.C29H38N2O2.C26H31ClN2O2.C25H29ClN2O2/c1-19(2)23-16-11-20(3)17-26(23)33-27(32)18-31-25-10-8-7-9-24(25)30-28(31)21-12-14-22(15-13-21)34-29(4,5)6;1-19(2)23-16-11-20(3)17-26(23)33-27(32)18-31-25-10-8-7-9-24(25)30-28(31)21-12-14-22(15-13-21)29(4,5)6;1-16(2)20-11-9-17(3)13-24(20)31-25(30)15-29-23-8-6-5-7-22(23)28-26(29)19-10-12-21(27)18(4)14-19;1-16(2)20-12-11-17(3)13-23(20)30-24(29)15-28-22-10-5-4-9-21(22)27-25(28)18-7-6-8-19(26)14-18/h7-10,12-15,19-20,23,26H,11,16-18H2,1-6H3;7-10,12-15,19-20,23,26H,11,16-18H2,1-6H3;5-8,10,12,14,16-17,20,24H,9,11,13,15H2,1-4H3;4-10,14,16-17,20,23H,11-13,15H2,1-3H3/t2*20-,23+,26?;17-,20+,24?;17-,20+,23?/m1111/s1. The molecule has 4 fully saturated rings. The zero-order chi connectivity index (χ0) is 91.6. The van der Waals surface area contributed by atoms with Gasteiger partial charge in [0.05, 0.1) is 44.1 Å². The van der Waals surface area contributed by atoms with Crippen LogP contribution in [0.1, 0.15) is 213 Å². The Morgan fingerprint density at radius 1 is 0.359 bits per heavy atom. The number of carbonyl (C=O) groups is 4. The number of hydrogen-bond acceptors (Lipinski definition) is 13. The molecule has 0 amide bonds. The molecule has 128 heavy (non-hydrogen) atoms. The molecule has 4 aliphatic rings. The predicted molar refractivity (Wildman–Crippen MR) is 519 cm³/mol. The summed E-state index contributed by atoms with van der Waals surface area (Å²) in [7, 11) is 0. The van der Waals surface area contributed by atoms with Crippen molar-refractivity contribution in [3.63, 3.8) is 0 Å². The molecule has 12 atom stereocenters. The van der Waals surface area contributed by atoms with Gasteiger partial charge in [-0.2, -0.15) is 0 Å². The molecule has 0 radical (unpaired) electrons. The molecule has 0 spiro atoms. The quantitative estimate of drug-likeness (QED) is 0.0489. The lowest BCUT2D eigenvalue weighted by Gasteiger charge is -2.36. The summed E-state index contributed by atoms with van der Waals surface area (Å²) in [5, 5.41) is 1.36. The summed E-state index contributed by atoms with van der Waals surface area (Å²) < 4.78 is 38.3. The summed E-state index contributed by atoms with van der Waals surface area (Å²) in [4.78, 5) is 71.9. The number of ether oxygens (including phenoxy) is 5. The van der Waals surface area contributed by atoms with E-state index in [0.29, 0.717) is 76.0 Å². The number of carbonyl (C=O) groups excluding carboxylic acids is 4. The van der Waals surface area contributed by atoms with E-state index < -0.39 is 0 Å².